The molecule has 2 aromatic rings. The maximum absolute atomic E-state index is 13.0. The minimum Gasteiger partial charge on any atom is -0.323 e. The molecule has 8 nitrogen and oxygen atoms in total. The van der Waals surface area contributed by atoms with Gasteiger partial charge in [0.05, 0.1) is 4.90 Å². The van der Waals surface area contributed by atoms with Gasteiger partial charge in [0.15, 0.2) is 15.6 Å². The number of likely N-dealkylation sites (tertiary alicyclic amines) is 2. The average Bonchev–Trinajstić information content (AvgIpc) is 3.49. The van der Waals surface area contributed by atoms with Crippen molar-refractivity contribution in [1.82, 2.24) is 25.0 Å². The highest BCUT2D eigenvalue weighted by Gasteiger charge is 2.58. The smallest absolute Gasteiger partial charge is 0.323 e. The maximum Gasteiger partial charge on any atom is 0.483 e. The molecule has 204 valence electrons. The fraction of sp³-hybridized carbons (Fsp3) is 0.654. The largest absolute Gasteiger partial charge is 0.483 e. The highest BCUT2D eigenvalue weighted by molar-refractivity contribution is 7.93. The molecule has 2 saturated heterocycles. The fourth-order valence-corrected chi connectivity index (χ4v) is 8.17. The van der Waals surface area contributed by atoms with Gasteiger partial charge in [0.1, 0.15) is 5.82 Å². The molecule has 3 heterocycles. The minimum atomic E-state index is -5.08. The van der Waals surface area contributed by atoms with Crippen LogP contribution in [0.1, 0.15) is 67.6 Å². The summed E-state index contributed by atoms with van der Waals surface area (Å²) in [6.45, 7) is 3.10. The van der Waals surface area contributed by atoms with Crippen LogP contribution in [0.5, 0.6) is 0 Å². The zero-order chi connectivity index (χ0) is 26.5. The molecule has 2 N–H and O–H groups in total. The molecular weight excluding hydrogens is 517 g/mol. The Labute approximate surface area is 219 Å². The van der Waals surface area contributed by atoms with Crippen molar-refractivity contribution in [2.24, 2.45) is 16.7 Å². The van der Waals surface area contributed by atoms with Crippen molar-refractivity contribution in [3.63, 3.8) is 0 Å². The molecule has 1 aromatic carbocycles. The number of urea groups is 1. The summed E-state index contributed by atoms with van der Waals surface area (Å²) < 4.78 is 58.3. The molecule has 7 rings (SSSR count). The van der Waals surface area contributed by atoms with Gasteiger partial charge in [-0.3, -0.25) is 5.10 Å². The van der Waals surface area contributed by atoms with E-state index in [2.05, 4.69) is 15.2 Å². The van der Waals surface area contributed by atoms with E-state index in [1.54, 1.807) is 6.07 Å². The standard InChI is InChI=1S/C26H31F3N6O2S/c27-26(28,29)38(30,37)20-3-1-2-16(7-20)6-17-8-24(9-17)12-34(13-24)23(36)35-14-25(15-35)10-19(11-25)22-31-21(32-33-22)18-4-5-18/h1-3,7,17-19,30H,4-6,8-15H2,(H,31,32,33). The number of H-pyrrole nitrogens is 1. The molecule has 2 aliphatic heterocycles. The van der Waals surface area contributed by atoms with E-state index in [1.165, 1.54) is 25.0 Å². The van der Waals surface area contributed by atoms with E-state index in [0.717, 1.165) is 69.6 Å². The van der Waals surface area contributed by atoms with Crippen LogP contribution >= 0.6 is 0 Å². The second-order valence-corrected chi connectivity index (χ2v) is 14.6. The van der Waals surface area contributed by atoms with Crippen LogP contribution in [0.2, 0.25) is 0 Å². The van der Waals surface area contributed by atoms with Gasteiger partial charge in [-0.05, 0) is 68.6 Å². The Hall–Kier alpha value is -2.63. The summed E-state index contributed by atoms with van der Waals surface area (Å²) in [4.78, 5) is 21.1. The highest BCUT2D eigenvalue weighted by Crippen LogP contribution is 2.57. The number of nitrogens with one attached hydrogen (secondary N) is 2. The third-order valence-corrected chi connectivity index (χ3v) is 10.9. The third kappa shape index (κ3) is 3.93. The van der Waals surface area contributed by atoms with Gasteiger partial charge in [-0.25, -0.2) is 18.8 Å². The summed E-state index contributed by atoms with van der Waals surface area (Å²) in [6.07, 6.45) is 6.96. The predicted molar refractivity (Wildman–Crippen MR) is 132 cm³/mol. The van der Waals surface area contributed by atoms with Crippen molar-refractivity contribution in [3.8, 4) is 0 Å². The van der Waals surface area contributed by atoms with E-state index in [4.69, 9.17) is 4.78 Å². The second-order valence-electron chi connectivity index (χ2n) is 12.6. The van der Waals surface area contributed by atoms with Gasteiger partial charge in [-0.1, -0.05) is 12.1 Å². The summed E-state index contributed by atoms with van der Waals surface area (Å²) >= 11 is 0. The summed E-state index contributed by atoms with van der Waals surface area (Å²) in [7, 11) is -4.84. The number of alkyl halides is 3. The molecule has 0 bridgehead atoms. The summed E-state index contributed by atoms with van der Waals surface area (Å²) in [5, 5.41) is 7.52. The number of halogens is 3. The first-order chi connectivity index (χ1) is 17.9. The van der Waals surface area contributed by atoms with Gasteiger partial charge >= 0.3 is 11.5 Å². The molecule has 1 atom stereocenters. The van der Waals surface area contributed by atoms with Crippen molar-refractivity contribution in [3.05, 3.63) is 41.5 Å². The first kappa shape index (κ1) is 24.4. The molecule has 38 heavy (non-hydrogen) atoms. The van der Waals surface area contributed by atoms with Crippen LogP contribution in [0.25, 0.3) is 0 Å². The third-order valence-electron chi connectivity index (χ3n) is 9.38. The normalized spacial score (nSPS) is 25.9. The molecule has 1 aromatic heterocycles. The van der Waals surface area contributed by atoms with Crippen LogP contribution in [0, 0.1) is 21.5 Å². The van der Waals surface area contributed by atoms with E-state index in [9.17, 15) is 22.2 Å². The molecule has 3 saturated carbocycles. The lowest BCUT2D eigenvalue weighted by Gasteiger charge is -2.63. The number of aromatic amines is 1. The first-order valence-electron chi connectivity index (χ1n) is 13.3. The molecule has 2 amide bonds. The van der Waals surface area contributed by atoms with E-state index < -0.39 is 20.1 Å². The van der Waals surface area contributed by atoms with E-state index in [0.29, 0.717) is 29.7 Å². The van der Waals surface area contributed by atoms with E-state index in [-0.39, 0.29) is 16.9 Å². The molecule has 0 radical (unpaired) electrons. The maximum atomic E-state index is 13.0. The van der Waals surface area contributed by atoms with Gasteiger partial charge in [-0.15, -0.1) is 0 Å². The number of carbonyl (C=O) groups is 1. The number of nitrogens with zero attached hydrogens (tertiary/aromatic N) is 4. The number of benzene rings is 1. The van der Waals surface area contributed by atoms with Crippen molar-refractivity contribution < 1.29 is 22.2 Å². The number of hydrogen-bond donors (Lipinski definition) is 2. The zero-order valence-electron chi connectivity index (χ0n) is 21.0. The summed E-state index contributed by atoms with van der Waals surface area (Å²) in [5.74, 6) is 3.27. The molecule has 12 heteroatoms. The van der Waals surface area contributed by atoms with E-state index >= 15 is 0 Å². The lowest BCUT2D eigenvalue weighted by Crippen LogP contribution is -2.70. The van der Waals surface area contributed by atoms with Crippen LogP contribution < -0.4 is 0 Å². The Morgan fingerprint density at radius 1 is 1.05 bits per heavy atom. The fourth-order valence-electron chi connectivity index (χ4n) is 7.32. The van der Waals surface area contributed by atoms with Crippen molar-refractivity contribution in [2.45, 2.75) is 67.2 Å². The van der Waals surface area contributed by atoms with Crippen LogP contribution in [-0.2, 0) is 16.1 Å². The molecule has 5 aliphatic rings. The number of aromatic nitrogens is 3. The Balaban J connectivity index is 0.858. The van der Waals surface area contributed by atoms with Gasteiger partial charge in [-0.2, -0.15) is 18.3 Å². The highest BCUT2D eigenvalue weighted by atomic mass is 32.2. The van der Waals surface area contributed by atoms with Crippen molar-refractivity contribution in [1.29, 1.82) is 4.78 Å². The van der Waals surface area contributed by atoms with Crippen LogP contribution in [-0.4, -0.2) is 66.9 Å². The second kappa shape index (κ2) is 7.95. The lowest BCUT2D eigenvalue weighted by atomic mass is 9.56. The summed E-state index contributed by atoms with van der Waals surface area (Å²) in [5.41, 5.74) is -4.05. The Kier molecular flexibility index (Phi) is 5.11. The Bertz CT molecular complexity index is 1370. The molecule has 5 fully saturated rings. The molecule has 2 spiro atoms. The Morgan fingerprint density at radius 2 is 1.68 bits per heavy atom. The molecule has 3 aliphatic carbocycles. The molecular formula is C26H31F3N6O2S. The lowest BCUT2D eigenvalue weighted by molar-refractivity contribution is -0.100. The van der Waals surface area contributed by atoms with Crippen molar-refractivity contribution >= 4 is 15.8 Å². The number of hydrogen-bond acceptors (Lipinski definition) is 5. The number of amides is 2. The van der Waals surface area contributed by atoms with Crippen molar-refractivity contribution in [2.75, 3.05) is 26.2 Å². The van der Waals surface area contributed by atoms with Gasteiger partial charge in [0, 0.05) is 48.8 Å². The summed E-state index contributed by atoms with van der Waals surface area (Å²) in [6, 6.07) is 5.68. The minimum absolute atomic E-state index is 0.118. The number of rotatable bonds is 5. The topological polar surface area (TPSA) is 106 Å². The van der Waals surface area contributed by atoms with Crippen LogP contribution in [0.3, 0.4) is 0 Å². The SMILES string of the molecule is N=S(=O)(c1cccc(CC2CC3(C2)CN(C(=O)N2CC4(CC(c5n[nH]c(C6CC6)n5)C4)C2)C3)c1)C(F)(F)F. The average molecular weight is 549 g/mol. The number of carbonyl (C=O) groups excluding carboxylic acids is 1. The van der Waals surface area contributed by atoms with E-state index in [1.807, 2.05) is 9.80 Å². The predicted octanol–water partition coefficient (Wildman–Crippen LogP) is 4.86. The van der Waals surface area contributed by atoms with Crippen LogP contribution in [0.4, 0.5) is 18.0 Å². The molecule has 1 unspecified atom stereocenters. The Morgan fingerprint density at radius 3 is 2.29 bits per heavy atom. The first-order valence-corrected chi connectivity index (χ1v) is 14.9. The van der Waals surface area contributed by atoms with Crippen LogP contribution in [0.15, 0.2) is 29.2 Å². The van der Waals surface area contributed by atoms with Gasteiger partial charge < -0.3 is 9.80 Å². The zero-order valence-corrected chi connectivity index (χ0v) is 21.8. The van der Waals surface area contributed by atoms with Gasteiger partial charge in [0.2, 0.25) is 0 Å². The van der Waals surface area contributed by atoms with Gasteiger partial charge in [0.25, 0.3) is 0 Å². The quantitative estimate of drug-likeness (QED) is 0.557. The monoisotopic (exact) mass is 548 g/mol.